The summed E-state index contributed by atoms with van der Waals surface area (Å²) >= 11 is 0. The number of rotatable bonds is 14. The average Bonchev–Trinajstić information content (AvgIpc) is 2.44. The lowest BCUT2D eigenvalue weighted by atomic mass is 9.73. The van der Waals surface area contributed by atoms with Crippen molar-refractivity contribution in [2.75, 3.05) is 52.4 Å². The van der Waals surface area contributed by atoms with Crippen molar-refractivity contribution >= 4 is 0 Å². The highest BCUT2D eigenvalue weighted by atomic mass is 14.9. The Bertz CT molecular complexity index is 189. The van der Waals surface area contributed by atoms with Gasteiger partial charge in [-0.05, 0) is 89.9 Å². The lowest BCUT2D eigenvalue weighted by Gasteiger charge is -2.37. The minimum absolute atomic E-state index is 0.912. The Morgan fingerprint density at radius 1 is 0.650 bits per heavy atom. The van der Waals surface area contributed by atoms with Crippen molar-refractivity contribution in [3.8, 4) is 0 Å². The molecule has 1 aliphatic rings. The van der Waals surface area contributed by atoms with Crippen molar-refractivity contribution < 1.29 is 0 Å². The molecule has 0 bridgehead atoms. The monoisotopic (exact) mass is 284 g/mol. The lowest BCUT2D eigenvalue weighted by Crippen LogP contribution is -2.41. The van der Waals surface area contributed by atoms with E-state index >= 15 is 0 Å². The molecule has 1 rings (SSSR count). The zero-order valence-corrected chi connectivity index (χ0v) is 13.6. The third kappa shape index (κ3) is 8.20. The fourth-order valence-corrected chi connectivity index (χ4v) is 2.78. The molecule has 4 heteroatoms. The van der Waals surface area contributed by atoms with Crippen LogP contribution in [0.1, 0.15) is 39.5 Å². The standard InChI is InChI=1S/C16H36N4/c1-3-17-9-5-11-19-13-15-7-8-16(15)14-20-12-6-10-18-4-2/h15-20H,3-14H2,1-2H3/t15-,16?/m0/s1. The van der Waals surface area contributed by atoms with Crippen molar-refractivity contribution in [2.45, 2.75) is 39.5 Å². The summed E-state index contributed by atoms with van der Waals surface area (Å²) in [7, 11) is 0. The Morgan fingerprint density at radius 3 is 1.40 bits per heavy atom. The number of nitrogens with one attached hydrogen (secondary N) is 4. The zero-order chi connectivity index (χ0) is 14.5. The highest BCUT2D eigenvalue weighted by Crippen LogP contribution is 2.32. The summed E-state index contributed by atoms with van der Waals surface area (Å²) in [4.78, 5) is 0. The van der Waals surface area contributed by atoms with Gasteiger partial charge in [-0.25, -0.2) is 0 Å². The molecule has 0 radical (unpaired) electrons. The molecule has 0 aliphatic heterocycles. The van der Waals surface area contributed by atoms with Crippen LogP contribution in [0, 0.1) is 11.8 Å². The van der Waals surface area contributed by atoms with E-state index < -0.39 is 0 Å². The minimum atomic E-state index is 0.912. The molecular formula is C16H36N4. The van der Waals surface area contributed by atoms with Crippen molar-refractivity contribution in [3.05, 3.63) is 0 Å². The van der Waals surface area contributed by atoms with Gasteiger partial charge in [-0.3, -0.25) is 0 Å². The molecule has 0 saturated heterocycles. The first-order chi connectivity index (χ1) is 9.88. The average molecular weight is 284 g/mol. The quantitative estimate of drug-likeness (QED) is 0.362. The molecule has 1 saturated carbocycles. The molecule has 1 aliphatic carbocycles. The first-order valence-electron chi connectivity index (χ1n) is 8.71. The van der Waals surface area contributed by atoms with Crippen LogP contribution in [0.4, 0.5) is 0 Å². The van der Waals surface area contributed by atoms with Gasteiger partial charge < -0.3 is 21.3 Å². The SMILES string of the molecule is CCNCCCNCC1CC[C@H]1CNCCCNCC. The first kappa shape index (κ1) is 17.9. The van der Waals surface area contributed by atoms with Crippen LogP contribution in [0.15, 0.2) is 0 Å². The van der Waals surface area contributed by atoms with Crippen LogP contribution in [0.25, 0.3) is 0 Å². The molecule has 1 fully saturated rings. The van der Waals surface area contributed by atoms with Gasteiger partial charge in [0.15, 0.2) is 0 Å². The van der Waals surface area contributed by atoms with E-state index in [4.69, 9.17) is 0 Å². The predicted octanol–water partition coefficient (Wildman–Crippen LogP) is 1.19. The third-order valence-electron chi connectivity index (χ3n) is 4.30. The maximum absolute atomic E-state index is 3.62. The van der Waals surface area contributed by atoms with Gasteiger partial charge in [0, 0.05) is 0 Å². The van der Waals surface area contributed by atoms with Crippen LogP contribution in [-0.4, -0.2) is 52.4 Å². The molecule has 20 heavy (non-hydrogen) atoms. The summed E-state index contributed by atoms with van der Waals surface area (Å²) in [6, 6.07) is 0. The maximum atomic E-state index is 3.62. The van der Waals surface area contributed by atoms with Crippen molar-refractivity contribution in [2.24, 2.45) is 11.8 Å². The molecule has 2 atom stereocenters. The van der Waals surface area contributed by atoms with E-state index in [1.807, 2.05) is 0 Å². The zero-order valence-electron chi connectivity index (χ0n) is 13.6. The molecule has 120 valence electrons. The Hall–Kier alpha value is -0.160. The highest BCUT2D eigenvalue weighted by molar-refractivity contribution is 4.83. The fourth-order valence-electron chi connectivity index (χ4n) is 2.78. The Balaban J connectivity index is 1.86. The second kappa shape index (κ2) is 12.6. The smallest absolute Gasteiger partial charge is 0.00174 e. The van der Waals surface area contributed by atoms with E-state index in [-0.39, 0.29) is 0 Å². The third-order valence-corrected chi connectivity index (χ3v) is 4.30. The molecule has 0 spiro atoms. The molecule has 0 aromatic heterocycles. The number of hydrogen-bond donors (Lipinski definition) is 4. The van der Waals surface area contributed by atoms with Gasteiger partial charge in [0.05, 0.1) is 0 Å². The summed E-state index contributed by atoms with van der Waals surface area (Å²) in [5.74, 6) is 1.82. The van der Waals surface area contributed by atoms with Crippen LogP contribution >= 0.6 is 0 Å². The summed E-state index contributed by atoms with van der Waals surface area (Å²) in [6.07, 6.45) is 5.33. The summed E-state index contributed by atoms with van der Waals surface area (Å²) < 4.78 is 0. The van der Waals surface area contributed by atoms with Gasteiger partial charge in [0.1, 0.15) is 0 Å². The Morgan fingerprint density at radius 2 is 1.05 bits per heavy atom. The Labute approximate surface area is 125 Å². The van der Waals surface area contributed by atoms with E-state index in [0.29, 0.717) is 0 Å². The largest absolute Gasteiger partial charge is 0.317 e. The summed E-state index contributed by atoms with van der Waals surface area (Å²) in [5, 5.41) is 14.0. The van der Waals surface area contributed by atoms with Crippen molar-refractivity contribution in [1.82, 2.24) is 21.3 Å². The summed E-state index contributed by atoms with van der Waals surface area (Å²) in [6.45, 7) is 13.5. The molecule has 0 amide bonds. The van der Waals surface area contributed by atoms with Gasteiger partial charge in [0.25, 0.3) is 0 Å². The molecule has 0 aromatic rings. The van der Waals surface area contributed by atoms with E-state index in [1.165, 1.54) is 38.8 Å². The van der Waals surface area contributed by atoms with Gasteiger partial charge in [0.2, 0.25) is 0 Å². The molecule has 4 nitrogen and oxygen atoms in total. The normalized spacial score (nSPS) is 21.9. The van der Waals surface area contributed by atoms with E-state index in [1.54, 1.807) is 0 Å². The summed E-state index contributed by atoms with van der Waals surface area (Å²) in [5.41, 5.74) is 0. The molecule has 0 heterocycles. The predicted molar refractivity (Wildman–Crippen MR) is 88.3 cm³/mol. The Kier molecular flexibility index (Phi) is 11.2. The lowest BCUT2D eigenvalue weighted by molar-refractivity contribution is 0.167. The van der Waals surface area contributed by atoms with Crippen molar-refractivity contribution in [3.63, 3.8) is 0 Å². The molecule has 0 aromatic carbocycles. The molecular weight excluding hydrogens is 248 g/mol. The van der Waals surface area contributed by atoms with Gasteiger partial charge in [-0.2, -0.15) is 0 Å². The molecule has 4 N–H and O–H groups in total. The van der Waals surface area contributed by atoms with Crippen molar-refractivity contribution in [1.29, 1.82) is 0 Å². The second-order valence-electron chi connectivity index (χ2n) is 5.92. The fraction of sp³-hybridized carbons (Fsp3) is 1.00. The van der Waals surface area contributed by atoms with Crippen LogP contribution < -0.4 is 21.3 Å². The van der Waals surface area contributed by atoms with Crippen LogP contribution in [0.2, 0.25) is 0 Å². The highest BCUT2D eigenvalue weighted by Gasteiger charge is 2.29. The molecule has 1 unspecified atom stereocenters. The van der Waals surface area contributed by atoms with E-state index in [2.05, 4.69) is 35.1 Å². The van der Waals surface area contributed by atoms with E-state index in [9.17, 15) is 0 Å². The topological polar surface area (TPSA) is 48.1 Å². The van der Waals surface area contributed by atoms with Crippen LogP contribution in [-0.2, 0) is 0 Å². The van der Waals surface area contributed by atoms with Crippen LogP contribution in [0.5, 0.6) is 0 Å². The maximum Gasteiger partial charge on any atom is -0.00174 e. The van der Waals surface area contributed by atoms with Crippen LogP contribution in [0.3, 0.4) is 0 Å². The first-order valence-corrected chi connectivity index (χ1v) is 8.71. The van der Waals surface area contributed by atoms with Gasteiger partial charge in [-0.15, -0.1) is 0 Å². The minimum Gasteiger partial charge on any atom is -0.317 e. The van der Waals surface area contributed by atoms with Gasteiger partial charge in [-0.1, -0.05) is 13.8 Å². The number of hydrogen-bond acceptors (Lipinski definition) is 4. The van der Waals surface area contributed by atoms with E-state index in [0.717, 1.165) is 51.1 Å². The second-order valence-corrected chi connectivity index (χ2v) is 5.92. The van der Waals surface area contributed by atoms with Gasteiger partial charge >= 0.3 is 0 Å².